The van der Waals surface area contributed by atoms with Crippen LogP contribution in [0.3, 0.4) is 0 Å². The van der Waals surface area contributed by atoms with E-state index >= 15 is 0 Å². The third kappa shape index (κ3) is 6.91. The van der Waals surface area contributed by atoms with Gasteiger partial charge in [-0.3, -0.25) is 0 Å². The molecule has 178 valence electrons. The van der Waals surface area contributed by atoms with Gasteiger partial charge in [0.2, 0.25) is 0 Å². The lowest BCUT2D eigenvalue weighted by Crippen LogP contribution is -2.13. The molecule has 0 amide bonds. The minimum Gasteiger partial charge on any atom is -0.488 e. The van der Waals surface area contributed by atoms with Crippen molar-refractivity contribution in [3.8, 4) is 22.6 Å². The highest BCUT2D eigenvalue weighted by atomic mass is 19.1. The smallest absolute Gasteiger partial charge is 0.343 e. The molecule has 34 heavy (non-hydrogen) atoms. The molecular formula is C28H29FO5. The zero-order valence-corrected chi connectivity index (χ0v) is 19.4. The van der Waals surface area contributed by atoms with Gasteiger partial charge in [-0.15, -0.1) is 0 Å². The number of carboxylic acid groups (broad SMARTS) is 1. The summed E-state index contributed by atoms with van der Waals surface area (Å²) in [5.41, 5.74) is 1.97. The van der Waals surface area contributed by atoms with Crippen molar-refractivity contribution in [2.75, 3.05) is 0 Å². The number of unbranched alkanes of at least 4 members (excludes halogenated alkanes) is 3. The first-order chi connectivity index (χ1) is 16.4. The Kier molecular flexibility index (Phi) is 8.79. The fourth-order valence-electron chi connectivity index (χ4n) is 3.54. The van der Waals surface area contributed by atoms with Crippen molar-refractivity contribution in [3.05, 3.63) is 83.7 Å². The van der Waals surface area contributed by atoms with Gasteiger partial charge in [0.25, 0.3) is 0 Å². The third-order valence-corrected chi connectivity index (χ3v) is 5.49. The van der Waals surface area contributed by atoms with Gasteiger partial charge in [-0.2, -0.15) is 0 Å². The van der Waals surface area contributed by atoms with E-state index in [1.165, 1.54) is 30.7 Å². The van der Waals surface area contributed by atoms with Gasteiger partial charge < -0.3 is 14.6 Å². The van der Waals surface area contributed by atoms with Crippen LogP contribution in [0.25, 0.3) is 11.1 Å². The van der Waals surface area contributed by atoms with Crippen LogP contribution in [-0.2, 0) is 0 Å². The summed E-state index contributed by atoms with van der Waals surface area (Å²) in [6, 6.07) is 17.3. The van der Waals surface area contributed by atoms with Crippen molar-refractivity contribution in [2.24, 2.45) is 0 Å². The first-order valence-electron chi connectivity index (χ1n) is 11.5. The lowest BCUT2D eigenvalue weighted by molar-refractivity contribution is 0.0694. The van der Waals surface area contributed by atoms with Gasteiger partial charge in [-0.05, 0) is 73.4 Å². The summed E-state index contributed by atoms with van der Waals surface area (Å²) in [6.07, 6.45) is 5.25. The zero-order chi connectivity index (χ0) is 24.5. The molecule has 3 aromatic carbocycles. The Balaban J connectivity index is 1.58. The summed E-state index contributed by atoms with van der Waals surface area (Å²) in [6.45, 7) is 4.07. The molecule has 0 aromatic heterocycles. The fourth-order valence-corrected chi connectivity index (χ4v) is 3.54. The average molecular weight is 465 g/mol. The molecule has 0 aliphatic heterocycles. The first-order valence-corrected chi connectivity index (χ1v) is 11.5. The van der Waals surface area contributed by atoms with Crippen LogP contribution in [0.4, 0.5) is 4.39 Å². The molecule has 0 fully saturated rings. The maximum atomic E-state index is 14.5. The predicted octanol–water partition coefficient (Wildman–Crippen LogP) is 7.15. The van der Waals surface area contributed by atoms with E-state index in [0.29, 0.717) is 5.75 Å². The Labute approximate surface area is 199 Å². The average Bonchev–Trinajstić information content (AvgIpc) is 2.83. The molecule has 1 unspecified atom stereocenters. The van der Waals surface area contributed by atoms with Gasteiger partial charge in [-0.25, -0.2) is 14.0 Å². The van der Waals surface area contributed by atoms with E-state index in [0.717, 1.165) is 42.9 Å². The van der Waals surface area contributed by atoms with Crippen molar-refractivity contribution in [3.63, 3.8) is 0 Å². The highest BCUT2D eigenvalue weighted by molar-refractivity contribution is 5.91. The number of aromatic carboxylic acids is 1. The lowest BCUT2D eigenvalue weighted by atomic mass is 10.0. The summed E-state index contributed by atoms with van der Waals surface area (Å²) in [5, 5.41) is 9.00. The Hall–Kier alpha value is -3.67. The number of carbonyl (C=O) groups is 2. The van der Waals surface area contributed by atoms with E-state index in [1.807, 2.05) is 6.92 Å². The van der Waals surface area contributed by atoms with Crippen LogP contribution in [0.5, 0.6) is 11.5 Å². The maximum Gasteiger partial charge on any atom is 0.343 e. The van der Waals surface area contributed by atoms with Crippen LogP contribution in [0, 0.1) is 5.82 Å². The summed E-state index contributed by atoms with van der Waals surface area (Å²) >= 11 is 0. The molecule has 0 aliphatic carbocycles. The summed E-state index contributed by atoms with van der Waals surface area (Å²) < 4.78 is 25.6. The number of halogens is 1. The Morgan fingerprint density at radius 2 is 1.50 bits per heavy atom. The molecule has 0 heterocycles. The van der Waals surface area contributed by atoms with Gasteiger partial charge in [0.15, 0.2) is 11.6 Å². The quantitative estimate of drug-likeness (QED) is 0.185. The van der Waals surface area contributed by atoms with Crippen LogP contribution in [0.2, 0.25) is 0 Å². The largest absolute Gasteiger partial charge is 0.488 e. The van der Waals surface area contributed by atoms with E-state index in [9.17, 15) is 14.0 Å². The molecule has 5 nitrogen and oxygen atoms in total. The van der Waals surface area contributed by atoms with Crippen LogP contribution < -0.4 is 9.47 Å². The molecule has 0 radical (unpaired) electrons. The van der Waals surface area contributed by atoms with Crippen molar-refractivity contribution >= 4 is 11.9 Å². The first kappa shape index (κ1) is 25.0. The molecule has 0 bridgehead atoms. The van der Waals surface area contributed by atoms with E-state index in [4.69, 9.17) is 14.6 Å². The zero-order valence-electron chi connectivity index (χ0n) is 19.4. The summed E-state index contributed by atoms with van der Waals surface area (Å²) in [5.74, 6) is -1.82. The Morgan fingerprint density at radius 1 is 0.882 bits per heavy atom. The predicted molar refractivity (Wildman–Crippen MR) is 129 cm³/mol. The molecule has 0 saturated heterocycles. The molecule has 3 aromatic rings. The van der Waals surface area contributed by atoms with E-state index < -0.39 is 17.8 Å². The van der Waals surface area contributed by atoms with Crippen molar-refractivity contribution < 1.29 is 28.6 Å². The Morgan fingerprint density at radius 3 is 2.09 bits per heavy atom. The molecule has 0 saturated carbocycles. The second-order valence-electron chi connectivity index (χ2n) is 8.22. The second-order valence-corrected chi connectivity index (χ2v) is 8.22. The number of hydrogen-bond acceptors (Lipinski definition) is 4. The SMILES string of the molecule is CCCCCCC(C)Oc1ccc(C(=O)Oc2ccc(-c3ccc(C(=O)O)cc3)cc2)cc1F. The summed E-state index contributed by atoms with van der Waals surface area (Å²) in [4.78, 5) is 23.5. The van der Waals surface area contributed by atoms with Crippen molar-refractivity contribution in [1.82, 2.24) is 0 Å². The number of carbonyl (C=O) groups excluding carboxylic acids is 1. The number of esters is 1. The van der Waals surface area contributed by atoms with Crippen LogP contribution in [-0.4, -0.2) is 23.1 Å². The number of carboxylic acids is 1. The number of benzene rings is 3. The maximum absolute atomic E-state index is 14.5. The minimum absolute atomic E-state index is 0.0915. The van der Waals surface area contributed by atoms with Gasteiger partial charge in [0.05, 0.1) is 17.2 Å². The molecule has 0 aliphatic rings. The standard InChI is InChI=1S/C28H29FO5/c1-3-4-5-6-7-19(2)33-26-17-14-23(18-25(26)29)28(32)34-24-15-12-21(13-16-24)20-8-10-22(11-9-20)27(30)31/h8-19H,3-7H2,1-2H3,(H,30,31). The molecule has 6 heteroatoms. The van der Waals surface area contributed by atoms with E-state index in [1.54, 1.807) is 36.4 Å². The van der Waals surface area contributed by atoms with Crippen LogP contribution >= 0.6 is 0 Å². The normalized spacial score (nSPS) is 11.6. The number of hydrogen-bond donors (Lipinski definition) is 1. The topological polar surface area (TPSA) is 72.8 Å². The molecule has 3 rings (SSSR count). The number of rotatable bonds is 11. The second kappa shape index (κ2) is 12.0. The number of ether oxygens (including phenoxy) is 2. The van der Waals surface area contributed by atoms with Crippen molar-refractivity contribution in [2.45, 2.75) is 52.1 Å². The molecule has 0 spiro atoms. The highest BCUT2D eigenvalue weighted by Gasteiger charge is 2.15. The lowest BCUT2D eigenvalue weighted by Gasteiger charge is -2.15. The van der Waals surface area contributed by atoms with Gasteiger partial charge in [0, 0.05) is 0 Å². The monoisotopic (exact) mass is 464 g/mol. The van der Waals surface area contributed by atoms with E-state index in [-0.39, 0.29) is 23.0 Å². The van der Waals surface area contributed by atoms with Gasteiger partial charge in [-0.1, -0.05) is 50.5 Å². The third-order valence-electron chi connectivity index (χ3n) is 5.49. The molecule has 1 N–H and O–H groups in total. The van der Waals surface area contributed by atoms with E-state index in [2.05, 4.69) is 6.92 Å². The summed E-state index contributed by atoms with van der Waals surface area (Å²) in [7, 11) is 0. The fraction of sp³-hybridized carbons (Fsp3) is 0.286. The van der Waals surface area contributed by atoms with Crippen LogP contribution in [0.15, 0.2) is 66.7 Å². The Bertz CT molecular complexity index is 1110. The molecular weight excluding hydrogens is 435 g/mol. The van der Waals surface area contributed by atoms with Gasteiger partial charge >= 0.3 is 11.9 Å². The minimum atomic E-state index is -0.984. The van der Waals surface area contributed by atoms with Crippen molar-refractivity contribution in [1.29, 1.82) is 0 Å². The van der Waals surface area contributed by atoms with Gasteiger partial charge in [0.1, 0.15) is 5.75 Å². The highest BCUT2D eigenvalue weighted by Crippen LogP contribution is 2.25. The molecule has 1 atom stereocenters. The van der Waals surface area contributed by atoms with Crippen LogP contribution in [0.1, 0.15) is 66.7 Å².